The van der Waals surface area contributed by atoms with Crippen LogP contribution in [0.4, 0.5) is 0 Å². The van der Waals surface area contributed by atoms with Gasteiger partial charge in [-0.25, -0.2) is 4.79 Å². The Hall–Kier alpha value is -1.10. The second kappa shape index (κ2) is 4.41. The quantitative estimate of drug-likeness (QED) is 0.729. The summed E-state index contributed by atoms with van der Waals surface area (Å²) in [5.74, 6) is -1.04. The average molecular weight is 228 g/mol. The maximum absolute atomic E-state index is 12.2. The molecular weight excluding hydrogens is 208 g/mol. The van der Waals surface area contributed by atoms with Gasteiger partial charge in [-0.3, -0.25) is 4.79 Å². The summed E-state index contributed by atoms with van der Waals surface area (Å²) in [6.07, 6.45) is 0.752. The number of likely N-dealkylation sites (N-methyl/N-ethyl adjacent to an activating group) is 1. The van der Waals surface area contributed by atoms with Crippen LogP contribution in [0.15, 0.2) is 0 Å². The van der Waals surface area contributed by atoms with Gasteiger partial charge in [0.2, 0.25) is 5.91 Å². The van der Waals surface area contributed by atoms with Crippen LogP contribution < -0.4 is 5.32 Å². The third kappa shape index (κ3) is 2.19. The summed E-state index contributed by atoms with van der Waals surface area (Å²) in [7, 11) is 1.70. The van der Waals surface area contributed by atoms with Gasteiger partial charge in [-0.15, -0.1) is 0 Å². The summed E-state index contributed by atoms with van der Waals surface area (Å²) < 4.78 is 0. The molecule has 0 spiro atoms. The fourth-order valence-electron chi connectivity index (χ4n) is 2.02. The predicted octanol–water partition coefficient (Wildman–Crippen LogP) is 0.306. The molecule has 1 rings (SSSR count). The van der Waals surface area contributed by atoms with Gasteiger partial charge in [-0.05, 0) is 33.2 Å². The minimum absolute atomic E-state index is 0.0223. The molecule has 0 aromatic heterocycles. The van der Waals surface area contributed by atoms with E-state index in [0.29, 0.717) is 6.54 Å². The summed E-state index contributed by atoms with van der Waals surface area (Å²) in [6.45, 7) is 5.93. The fraction of sp³-hybridized carbons (Fsp3) is 0.818. The first-order valence-electron chi connectivity index (χ1n) is 5.54. The Kier molecular flexibility index (Phi) is 3.57. The van der Waals surface area contributed by atoms with E-state index in [1.165, 1.54) is 4.90 Å². The number of nitrogens with one attached hydrogen (secondary N) is 1. The number of hydrogen-bond donors (Lipinski definition) is 2. The third-order valence-corrected chi connectivity index (χ3v) is 3.37. The smallest absolute Gasteiger partial charge is 0.326 e. The number of rotatable bonds is 3. The summed E-state index contributed by atoms with van der Waals surface area (Å²) in [6, 6.07) is -0.680. The van der Waals surface area contributed by atoms with Gasteiger partial charge in [0.05, 0.1) is 5.54 Å². The second-order valence-corrected chi connectivity index (χ2v) is 4.92. The van der Waals surface area contributed by atoms with Gasteiger partial charge in [0.15, 0.2) is 0 Å². The zero-order valence-corrected chi connectivity index (χ0v) is 10.3. The van der Waals surface area contributed by atoms with Crippen molar-refractivity contribution in [2.75, 3.05) is 13.6 Å². The highest BCUT2D eigenvalue weighted by atomic mass is 16.4. The van der Waals surface area contributed by atoms with Crippen molar-refractivity contribution in [1.29, 1.82) is 0 Å². The largest absolute Gasteiger partial charge is 0.480 e. The molecule has 0 aromatic rings. The predicted molar refractivity (Wildman–Crippen MR) is 60.1 cm³/mol. The Balaban J connectivity index is 2.88. The lowest BCUT2D eigenvalue weighted by atomic mass is 10.0. The number of carboxylic acid groups (broad SMARTS) is 1. The number of carbonyl (C=O) groups is 2. The normalized spacial score (nSPS) is 25.9. The highest BCUT2D eigenvalue weighted by Gasteiger charge is 2.43. The van der Waals surface area contributed by atoms with Crippen molar-refractivity contribution >= 4 is 11.9 Å². The summed E-state index contributed by atoms with van der Waals surface area (Å²) in [4.78, 5) is 24.8. The number of carboxylic acids is 1. The van der Waals surface area contributed by atoms with Gasteiger partial charge in [-0.1, -0.05) is 6.92 Å². The molecule has 0 aliphatic carbocycles. The van der Waals surface area contributed by atoms with Crippen LogP contribution in [0.3, 0.4) is 0 Å². The molecule has 1 saturated heterocycles. The van der Waals surface area contributed by atoms with Crippen LogP contribution in [-0.2, 0) is 9.59 Å². The highest BCUT2D eigenvalue weighted by molar-refractivity contribution is 5.90. The first-order valence-corrected chi connectivity index (χ1v) is 5.54. The van der Waals surface area contributed by atoms with E-state index in [-0.39, 0.29) is 11.8 Å². The van der Waals surface area contributed by atoms with Crippen molar-refractivity contribution in [3.63, 3.8) is 0 Å². The average Bonchev–Trinajstić information content (AvgIpc) is 2.58. The van der Waals surface area contributed by atoms with Crippen molar-refractivity contribution in [2.24, 2.45) is 5.92 Å². The van der Waals surface area contributed by atoms with Crippen LogP contribution in [0.25, 0.3) is 0 Å². The number of aliphatic carboxylic acids is 1. The van der Waals surface area contributed by atoms with E-state index in [4.69, 9.17) is 5.11 Å². The topological polar surface area (TPSA) is 69.6 Å². The summed E-state index contributed by atoms with van der Waals surface area (Å²) in [5, 5.41) is 12.0. The monoisotopic (exact) mass is 228 g/mol. The molecule has 0 bridgehead atoms. The van der Waals surface area contributed by atoms with Gasteiger partial charge in [0, 0.05) is 6.54 Å². The molecule has 16 heavy (non-hydrogen) atoms. The van der Waals surface area contributed by atoms with Crippen molar-refractivity contribution in [1.82, 2.24) is 10.2 Å². The Morgan fingerprint density at radius 3 is 2.44 bits per heavy atom. The van der Waals surface area contributed by atoms with E-state index in [0.717, 1.165) is 6.42 Å². The molecule has 5 heteroatoms. The van der Waals surface area contributed by atoms with Crippen LogP contribution in [0, 0.1) is 5.92 Å². The third-order valence-electron chi connectivity index (χ3n) is 3.37. The van der Waals surface area contributed by atoms with Gasteiger partial charge in [0.1, 0.15) is 6.04 Å². The lowest BCUT2D eigenvalue weighted by Gasteiger charge is -2.32. The molecule has 0 saturated carbocycles. The van der Waals surface area contributed by atoms with E-state index in [2.05, 4.69) is 5.32 Å². The summed E-state index contributed by atoms with van der Waals surface area (Å²) >= 11 is 0. The fourth-order valence-corrected chi connectivity index (χ4v) is 2.02. The molecule has 92 valence electrons. The number of carbonyl (C=O) groups excluding carboxylic acids is 1. The van der Waals surface area contributed by atoms with E-state index in [9.17, 15) is 9.59 Å². The molecule has 0 radical (unpaired) electrons. The zero-order valence-electron chi connectivity index (χ0n) is 10.3. The molecule has 5 nitrogen and oxygen atoms in total. The molecule has 1 fully saturated rings. The van der Waals surface area contributed by atoms with Crippen LogP contribution in [0.5, 0.6) is 0 Å². The van der Waals surface area contributed by atoms with Crippen LogP contribution in [0.2, 0.25) is 0 Å². The number of hydrogen-bond acceptors (Lipinski definition) is 3. The second-order valence-electron chi connectivity index (χ2n) is 4.92. The van der Waals surface area contributed by atoms with E-state index in [1.54, 1.807) is 20.9 Å². The Morgan fingerprint density at radius 2 is 2.00 bits per heavy atom. The van der Waals surface area contributed by atoms with Crippen LogP contribution in [-0.4, -0.2) is 47.1 Å². The van der Waals surface area contributed by atoms with Gasteiger partial charge < -0.3 is 15.3 Å². The Labute approximate surface area is 95.8 Å². The Morgan fingerprint density at radius 1 is 1.44 bits per heavy atom. The molecule has 1 aliphatic heterocycles. The molecule has 1 aliphatic rings. The standard InChI is InChI=1S/C11H20N2O3/c1-7-5-6-13(8(7)9(14)15)10(16)11(2,3)12-4/h7-8,12H,5-6H2,1-4H3,(H,14,15). The van der Waals surface area contributed by atoms with Crippen molar-refractivity contribution in [3.8, 4) is 0 Å². The lowest BCUT2D eigenvalue weighted by molar-refractivity contribution is -0.151. The van der Waals surface area contributed by atoms with Gasteiger partial charge in [0.25, 0.3) is 0 Å². The number of likely N-dealkylation sites (tertiary alicyclic amines) is 1. The van der Waals surface area contributed by atoms with Crippen molar-refractivity contribution < 1.29 is 14.7 Å². The Bertz CT molecular complexity index is 302. The molecule has 1 heterocycles. The molecule has 2 N–H and O–H groups in total. The molecule has 2 atom stereocenters. The van der Waals surface area contributed by atoms with Gasteiger partial charge >= 0.3 is 5.97 Å². The molecule has 2 unspecified atom stereocenters. The maximum atomic E-state index is 12.2. The molecule has 0 aromatic carbocycles. The first kappa shape index (κ1) is 13.0. The van der Waals surface area contributed by atoms with E-state index in [1.807, 2.05) is 6.92 Å². The number of nitrogens with zero attached hydrogens (tertiary/aromatic N) is 1. The van der Waals surface area contributed by atoms with Crippen LogP contribution >= 0.6 is 0 Å². The SMILES string of the molecule is CNC(C)(C)C(=O)N1CCC(C)C1C(=O)O. The van der Waals surface area contributed by atoms with Crippen molar-refractivity contribution in [3.05, 3.63) is 0 Å². The van der Waals surface area contributed by atoms with Crippen molar-refractivity contribution in [2.45, 2.75) is 38.8 Å². The van der Waals surface area contributed by atoms with E-state index >= 15 is 0 Å². The minimum Gasteiger partial charge on any atom is -0.480 e. The zero-order chi connectivity index (χ0) is 12.5. The van der Waals surface area contributed by atoms with E-state index < -0.39 is 17.6 Å². The number of amides is 1. The first-order chi connectivity index (χ1) is 7.31. The highest BCUT2D eigenvalue weighted by Crippen LogP contribution is 2.26. The van der Waals surface area contributed by atoms with Gasteiger partial charge in [-0.2, -0.15) is 0 Å². The lowest BCUT2D eigenvalue weighted by Crippen LogP contribution is -2.56. The molecule has 1 amide bonds. The molecular formula is C11H20N2O3. The maximum Gasteiger partial charge on any atom is 0.326 e. The van der Waals surface area contributed by atoms with Crippen LogP contribution in [0.1, 0.15) is 27.2 Å². The minimum atomic E-state index is -0.912. The summed E-state index contributed by atoms with van der Waals surface area (Å²) in [5.41, 5.74) is -0.711.